The molecule has 2 aromatic carbocycles. The summed E-state index contributed by atoms with van der Waals surface area (Å²) in [7, 11) is 0. The Kier molecular flexibility index (Phi) is 4.59. The SMILES string of the molecule is Nc1nc(Cl)cc(Nc2ccc(OCc3ccccc3)cc2)n1. The molecule has 1 aromatic heterocycles. The zero-order chi connectivity index (χ0) is 16.1. The Morgan fingerprint density at radius 1 is 1.00 bits per heavy atom. The van der Waals surface area contributed by atoms with E-state index in [9.17, 15) is 0 Å². The van der Waals surface area contributed by atoms with Gasteiger partial charge >= 0.3 is 0 Å². The summed E-state index contributed by atoms with van der Waals surface area (Å²) in [6.45, 7) is 0.533. The summed E-state index contributed by atoms with van der Waals surface area (Å²) >= 11 is 5.85. The van der Waals surface area contributed by atoms with E-state index in [4.69, 9.17) is 22.1 Å². The lowest BCUT2D eigenvalue weighted by molar-refractivity contribution is 0.306. The second-order valence-electron chi connectivity index (χ2n) is 4.86. The Hall–Kier alpha value is -2.79. The van der Waals surface area contributed by atoms with Crippen LogP contribution >= 0.6 is 11.6 Å². The lowest BCUT2D eigenvalue weighted by atomic mass is 10.2. The number of ether oxygens (including phenoxy) is 1. The molecule has 5 nitrogen and oxygen atoms in total. The maximum atomic E-state index is 5.85. The highest BCUT2D eigenvalue weighted by molar-refractivity contribution is 6.29. The second kappa shape index (κ2) is 6.98. The van der Waals surface area contributed by atoms with Crippen molar-refractivity contribution in [3.05, 3.63) is 71.4 Å². The van der Waals surface area contributed by atoms with Gasteiger partial charge in [-0.25, -0.2) is 4.98 Å². The number of nitrogens with zero attached hydrogens (tertiary/aromatic N) is 2. The lowest BCUT2D eigenvalue weighted by Gasteiger charge is -2.09. The van der Waals surface area contributed by atoms with E-state index in [0.717, 1.165) is 17.0 Å². The molecule has 116 valence electrons. The molecule has 0 aliphatic rings. The number of benzene rings is 2. The first kappa shape index (κ1) is 15.1. The van der Waals surface area contributed by atoms with E-state index >= 15 is 0 Å². The molecule has 1 heterocycles. The Morgan fingerprint density at radius 3 is 2.43 bits per heavy atom. The number of anilines is 3. The van der Waals surface area contributed by atoms with E-state index < -0.39 is 0 Å². The van der Waals surface area contributed by atoms with Crippen molar-refractivity contribution in [2.75, 3.05) is 11.1 Å². The predicted molar refractivity (Wildman–Crippen MR) is 92.0 cm³/mol. The van der Waals surface area contributed by atoms with Crippen LogP contribution in [0.15, 0.2) is 60.7 Å². The van der Waals surface area contributed by atoms with E-state index in [-0.39, 0.29) is 5.95 Å². The minimum absolute atomic E-state index is 0.128. The summed E-state index contributed by atoms with van der Waals surface area (Å²) in [5.74, 6) is 1.46. The van der Waals surface area contributed by atoms with E-state index in [2.05, 4.69) is 15.3 Å². The lowest BCUT2D eigenvalue weighted by Crippen LogP contribution is -2.00. The van der Waals surface area contributed by atoms with Crippen molar-refractivity contribution in [3.63, 3.8) is 0 Å². The molecule has 0 unspecified atom stereocenters. The molecule has 0 aliphatic carbocycles. The van der Waals surface area contributed by atoms with E-state index in [1.807, 2.05) is 54.6 Å². The van der Waals surface area contributed by atoms with Gasteiger partial charge in [-0.15, -0.1) is 0 Å². The summed E-state index contributed by atoms with van der Waals surface area (Å²) in [4.78, 5) is 7.88. The molecule has 0 saturated heterocycles. The average molecular weight is 327 g/mol. The Labute approximate surface area is 139 Å². The monoisotopic (exact) mass is 326 g/mol. The maximum absolute atomic E-state index is 5.85. The Balaban J connectivity index is 1.62. The van der Waals surface area contributed by atoms with Crippen molar-refractivity contribution in [2.45, 2.75) is 6.61 Å². The molecular weight excluding hydrogens is 312 g/mol. The first-order valence-corrected chi connectivity index (χ1v) is 7.41. The zero-order valence-electron chi connectivity index (χ0n) is 12.2. The number of aromatic nitrogens is 2. The minimum Gasteiger partial charge on any atom is -0.489 e. The fraction of sp³-hybridized carbons (Fsp3) is 0.0588. The fourth-order valence-electron chi connectivity index (χ4n) is 2.02. The van der Waals surface area contributed by atoms with Gasteiger partial charge in [0.2, 0.25) is 5.95 Å². The highest BCUT2D eigenvalue weighted by Crippen LogP contribution is 2.21. The summed E-state index contributed by atoms with van der Waals surface area (Å²) in [6, 6.07) is 19.2. The number of nitrogens with one attached hydrogen (secondary N) is 1. The van der Waals surface area contributed by atoms with Crippen LogP contribution in [0.25, 0.3) is 0 Å². The molecule has 0 radical (unpaired) electrons. The standard InChI is InChI=1S/C17H15ClN4O/c18-15-10-16(22-17(19)21-15)20-13-6-8-14(9-7-13)23-11-12-4-2-1-3-5-12/h1-10H,11H2,(H3,19,20,21,22). The van der Waals surface area contributed by atoms with Gasteiger partial charge in [0.25, 0.3) is 0 Å². The molecule has 0 aliphatic heterocycles. The molecule has 23 heavy (non-hydrogen) atoms. The van der Waals surface area contributed by atoms with Crippen LogP contribution in [0.2, 0.25) is 5.15 Å². The van der Waals surface area contributed by atoms with E-state index in [1.54, 1.807) is 6.07 Å². The molecule has 6 heteroatoms. The maximum Gasteiger partial charge on any atom is 0.223 e. The Morgan fingerprint density at radius 2 is 1.74 bits per heavy atom. The van der Waals surface area contributed by atoms with Crippen molar-refractivity contribution in [3.8, 4) is 5.75 Å². The van der Waals surface area contributed by atoms with Crippen molar-refractivity contribution in [1.82, 2.24) is 9.97 Å². The zero-order valence-corrected chi connectivity index (χ0v) is 13.0. The van der Waals surface area contributed by atoms with Gasteiger partial charge in [0.1, 0.15) is 23.3 Å². The number of hydrogen-bond acceptors (Lipinski definition) is 5. The van der Waals surface area contributed by atoms with Crippen molar-refractivity contribution in [2.24, 2.45) is 0 Å². The normalized spacial score (nSPS) is 10.3. The second-order valence-corrected chi connectivity index (χ2v) is 5.25. The quantitative estimate of drug-likeness (QED) is 0.692. The molecule has 0 atom stereocenters. The van der Waals surface area contributed by atoms with Crippen LogP contribution in [-0.4, -0.2) is 9.97 Å². The highest BCUT2D eigenvalue weighted by atomic mass is 35.5. The first-order valence-electron chi connectivity index (χ1n) is 7.03. The molecule has 0 spiro atoms. The van der Waals surface area contributed by atoms with Gasteiger partial charge in [-0.3, -0.25) is 0 Å². The number of hydrogen-bond donors (Lipinski definition) is 2. The van der Waals surface area contributed by atoms with Crippen LogP contribution in [-0.2, 0) is 6.61 Å². The van der Waals surface area contributed by atoms with Gasteiger partial charge in [-0.05, 0) is 29.8 Å². The van der Waals surface area contributed by atoms with Gasteiger partial charge < -0.3 is 15.8 Å². The van der Waals surface area contributed by atoms with Crippen LogP contribution in [0.4, 0.5) is 17.5 Å². The third-order valence-electron chi connectivity index (χ3n) is 3.09. The largest absolute Gasteiger partial charge is 0.489 e. The van der Waals surface area contributed by atoms with E-state index in [1.165, 1.54) is 0 Å². The summed E-state index contributed by atoms with van der Waals surface area (Å²) < 4.78 is 5.74. The molecule has 3 rings (SSSR count). The number of nitrogen functional groups attached to an aromatic ring is 1. The van der Waals surface area contributed by atoms with Crippen molar-refractivity contribution in [1.29, 1.82) is 0 Å². The molecule has 0 bridgehead atoms. The van der Waals surface area contributed by atoms with Gasteiger partial charge in [-0.1, -0.05) is 41.9 Å². The smallest absolute Gasteiger partial charge is 0.223 e. The summed E-state index contributed by atoms with van der Waals surface area (Å²) in [6.07, 6.45) is 0. The van der Waals surface area contributed by atoms with Crippen LogP contribution < -0.4 is 15.8 Å². The highest BCUT2D eigenvalue weighted by Gasteiger charge is 2.02. The molecule has 3 aromatic rings. The number of nitrogens with two attached hydrogens (primary N) is 1. The van der Waals surface area contributed by atoms with Crippen molar-refractivity contribution >= 4 is 29.1 Å². The topological polar surface area (TPSA) is 73.1 Å². The summed E-state index contributed by atoms with van der Waals surface area (Å²) in [5, 5.41) is 3.41. The minimum atomic E-state index is 0.128. The molecule has 0 fully saturated rings. The van der Waals surface area contributed by atoms with Gasteiger partial charge in [0.15, 0.2) is 0 Å². The van der Waals surface area contributed by atoms with Crippen LogP contribution in [0.3, 0.4) is 0 Å². The van der Waals surface area contributed by atoms with Gasteiger partial charge in [-0.2, -0.15) is 4.98 Å². The summed E-state index contributed by atoms with van der Waals surface area (Å²) in [5.41, 5.74) is 7.54. The van der Waals surface area contributed by atoms with E-state index in [0.29, 0.717) is 17.6 Å². The molecular formula is C17H15ClN4O. The first-order chi connectivity index (χ1) is 11.2. The third-order valence-corrected chi connectivity index (χ3v) is 3.28. The Bertz CT molecular complexity index is 758. The van der Waals surface area contributed by atoms with Crippen LogP contribution in [0.1, 0.15) is 5.56 Å². The molecule has 0 amide bonds. The van der Waals surface area contributed by atoms with Gasteiger partial charge in [0.05, 0.1) is 0 Å². The third kappa shape index (κ3) is 4.34. The molecule has 0 saturated carbocycles. The van der Waals surface area contributed by atoms with Crippen LogP contribution in [0.5, 0.6) is 5.75 Å². The van der Waals surface area contributed by atoms with Crippen LogP contribution in [0, 0.1) is 0 Å². The predicted octanol–water partition coefficient (Wildman–Crippen LogP) is 4.03. The average Bonchev–Trinajstić information content (AvgIpc) is 2.54. The number of rotatable bonds is 5. The molecule has 3 N–H and O–H groups in total. The van der Waals surface area contributed by atoms with Crippen molar-refractivity contribution < 1.29 is 4.74 Å². The fourth-order valence-corrected chi connectivity index (χ4v) is 2.21. The number of halogens is 1. The van der Waals surface area contributed by atoms with Gasteiger partial charge in [0, 0.05) is 11.8 Å².